The Morgan fingerprint density at radius 2 is 2.05 bits per heavy atom. The van der Waals surface area contributed by atoms with Gasteiger partial charge >= 0.3 is 0 Å². The Hall–Kier alpha value is -1.84. The number of anilines is 1. The molecule has 0 heterocycles. The van der Waals surface area contributed by atoms with Gasteiger partial charge in [0.05, 0.1) is 0 Å². The highest BCUT2D eigenvalue weighted by Crippen LogP contribution is 2.15. The van der Waals surface area contributed by atoms with E-state index in [-0.39, 0.29) is 5.91 Å². The summed E-state index contributed by atoms with van der Waals surface area (Å²) in [5.41, 5.74) is 2.36. The third-order valence-electron chi connectivity index (χ3n) is 2.65. The molecule has 0 unspecified atom stereocenters. The van der Waals surface area contributed by atoms with Gasteiger partial charge in [0.2, 0.25) is 12.3 Å². The molecular weight excluding hydrogens is 240 g/mol. The standard InChI is InChI=1S/C13H18N2O2.C2H6/c1-3-11-5-4-6-12(9-11)15(2)8-7-13(17)14-10-16;1-2/h4-6,9-10H,3,7-8H2,1-2H3,(H,14,16,17);1-2H3. The fourth-order valence-electron chi connectivity index (χ4n) is 1.55. The van der Waals surface area contributed by atoms with Gasteiger partial charge in [0.25, 0.3) is 0 Å². The molecule has 1 N–H and O–H groups in total. The minimum Gasteiger partial charge on any atom is -0.374 e. The van der Waals surface area contributed by atoms with E-state index < -0.39 is 0 Å². The Morgan fingerprint density at radius 3 is 2.63 bits per heavy atom. The van der Waals surface area contributed by atoms with Gasteiger partial charge in [-0.25, -0.2) is 0 Å². The lowest BCUT2D eigenvalue weighted by Crippen LogP contribution is -2.27. The lowest BCUT2D eigenvalue weighted by Gasteiger charge is -2.19. The lowest BCUT2D eigenvalue weighted by atomic mass is 10.1. The second-order valence-corrected chi connectivity index (χ2v) is 3.88. The molecule has 0 aliphatic heterocycles. The van der Waals surface area contributed by atoms with Gasteiger partial charge in [-0.2, -0.15) is 0 Å². The zero-order valence-corrected chi connectivity index (χ0v) is 12.3. The van der Waals surface area contributed by atoms with Gasteiger partial charge < -0.3 is 4.90 Å². The summed E-state index contributed by atoms with van der Waals surface area (Å²) < 4.78 is 0. The first-order valence-corrected chi connectivity index (χ1v) is 6.70. The quantitative estimate of drug-likeness (QED) is 0.803. The van der Waals surface area contributed by atoms with Crippen LogP contribution in [0.4, 0.5) is 5.69 Å². The minimum absolute atomic E-state index is 0.251. The fraction of sp³-hybridized carbons (Fsp3) is 0.467. The van der Waals surface area contributed by atoms with Gasteiger partial charge in [0.15, 0.2) is 0 Å². The summed E-state index contributed by atoms with van der Waals surface area (Å²) in [5.74, 6) is -0.251. The van der Waals surface area contributed by atoms with Crippen molar-refractivity contribution >= 4 is 18.0 Å². The van der Waals surface area contributed by atoms with E-state index in [1.807, 2.05) is 37.9 Å². The maximum absolute atomic E-state index is 11.1. The van der Waals surface area contributed by atoms with Crippen molar-refractivity contribution in [3.8, 4) is 0 Å². The molecule has 0 spiro atoms. The molecule has 1 rings (SSSR count). The number of rotatable bonds is 6. The van der Waals surface area contributed by atoms with Gasteiger partial charge in [-0.05, 0) is 24.1 Å². The number of carbonyl (C=O) groups excluding carboxylic acids is 2. The molecule has 0 atom stereocenters. The molecular formula is C15H24N2O2. The summed E-state index contributed by atoms with van der Waals surface area (Å²) in [6, 6.07) is 8.21. The van der Waals surface area contributed by atoms with Crippen LogP contribution in [0.5, 0.6) is 0 Å². The van der Waals surface area contributed by atoms with E-state index in [0.717, 1.165) is 12.1 Å². The average Bonchev–Trinajstić information content (AvgIpc) is 2.47. The second-order valence-electron chi connectivity index (χ2n) is 3.88. The molecule has 106 valence electrons. The maximum Gasteiger partial charge on any atom is 0.228 e. The molecule has 2 amide bonds. The largest absolute Gasteiger partial charge is 0.374 e. The molecule has 4 heteroatoms. The normalized spacial score (nSPS) is 9.05. The maximum atomic E-state index is 11.1. The van der Waals surface area contributed by atoms with Crippen LogP contribution in [-0.2, 0) is 16.0 Å². The number of imide groups is 1. The topological polar surface area (TPSA) is 49.4 Å². The van der Waals surface area contributed by atoms with Crippen molar-refractivity contribution in [3.63, 3.8) is 0 Å². The molecule has 4 nitrogen and oxygen atoms in total. The van der Waals surface area contributed by atoms with Gasteiger partial charge in [0.1, 0.15) is 0 Å². The summed E-state index contributed by atoms with van der Waals surface area (Å²) in [6.45, 7) is 6.70. The molecule has 1 aromatic carbocycles. The first-order valence-electron chi connectivity index (χ1n) is 6.70. The van der Waals surface area contributed by atoms with Crippen molar-refractivity contribution < 1.29 is 9.59 Å². The SMILES string of the molecule is CC.CCc1cccc(N(C)CCC(=O)NC=O)c1. The molecule has 0 fully saturated rings. The minimum atomic E-state index is -0.251. The summed E-state index contributed by atoms with van der Waals surface area (Å²) in [7, 11) is 1.93. The van der Waals surface area contributed by atoms with E-state index >= 15 is 0 Å². The van der Waals surface area contributed by atoms with Crippen LogP contribution in [0.15, 0.2) is 24.3 Å². The van der Waals surface area contributed by atoms with Crippen LogP contribution >= 0.6 is 0 Å². The van der Waals surface area contributed by atoms with Crippen LogP contribution in [0.1, 0.15) is 32.8 Å². The van der Waals surface area contributed by atoms with Gasteiger partial charge in [-0.3, -0.25) is 14.9 Å². The van der Waals surface area contributed by atoms with Crippen LogP contribution in [0, 0.1) is 0 Å². The number of nitrogens with one attached hydrogen (secondary N) is 1. The lowest BCUT2D eigenvalue weighted by molar-refractivity contribution is -0.125. The number of amides is 2. The molecule has 0 saturated carbocycles. The highest BCUT2D eigenvalue weighted by atomic mass is 16.2. The van der Waals surface area contributed by atoms with Gasteiger partial charge in [-0.1, -0.05) is 32.9 Å². The highest BCUT2D eigenvalue weighted by molar-refractivity contribution is 5.86. The summed E-state index contributed by atoms with van der Waals surface area (Å²) in [5, 5.41) is 2.13. The van der Waals surface area contributed by atoms with Crippen LogP contribution < -0.4 is 10.2 Å². The predicted octanol–water partition coefficient (Wildman–Crippen LogP) is 2.37. The van der Waals surface area contributed by atoms with Crippen molar-refractivity contribution in [1.29, 1.82) is 0 Å². The smallest absolute Gasteiger partial charge is 0.228 e. The van der Waals surface area contributed by atoms with Crippen molar-refractivity contribution in [2.24, 2.45) is 0 Å². The fourth-order valence-corrected chi connectivity index (χ4v) is 1.55. The van der Waals surface area contributed by atoms with Crippen LogP contribution in [0.2, 0.25) is 0 Å². The Kier molecular flexibility index (Phi) is 9.14. The van der Waals surface area contributed by atoms with E-state index in [0.29, 0.717) is 19.4 Å². The summed E-state index contributed by atoms with van der Waals surface area (Å²) in [4.78, 5) is 23.2. The van der Waals surface area contributed by atoms with E-state index in [2.05, 4.69) is 24.4 Å². The average molecular weight is 264 g/mol. The molecule has 0 radical (unpaired) electrons. The molecule has 0 saturated heterocycles. The number of hydrogen-bond acceptors (Lipinski definition) is 3. The Morgan fingerprint density at radius 1 is 1.37 bits per heavy atom. The molecule has 0 aromatic heterocycles. The number of benzene rings is 1. The molecule has 0 aliphatic rings. The number of aryl methyl sites for hydroxylation is 1. The first kappa shape index (κ1) is 17.2. The zero-order chi connectivity index (χ0) is 14.7. The third-order valence-corrected chi connectivity index (χ3v) is 2.65. The Balaban J connectivity index is 0.00000154. The van der Waals surface area contributed by atoms with Crippen molar-refractivity contribution in [2.75, 3.05) is 18.5 Å². The van der Waals surface area contributed by atoms with Crippen LogP contribution in [0.25, 0.3) is 0 Å². The van der Waals surface area contributed by atoms with E-state index in [1.165, 1.54) is 5.56 Å². The second kappa shape index (κ2) is 10.1. The van der Waals surface area contributed by atoms with Gasteiger partial charge in [-0.15, -0.1) is 0 Å². The molecule has 0 aliphatic carbocycles. The molecule has 0 bridgehead atoms. The van der Waals surface area contributed by atoms with Gasteiger partial charge in [0, 0.05) is 25.7 Å². The van der Waals surface area contributed by atoms with Crippen molar-refractivity contribution in [1.82, 2.24) is 5.32 Å². The van der Waals surface area contributed by atoms with Crippen molar-refractivity contribution in [2.45, 2.75) is 33.6 Å². The molecule has 1 aromatic rings. The van der Waals surface area contributed by atoms with E-state index in [4.69, 9.17) is 0 Å². The predicted molar refractivity (Wildman–Crippen MR) is 79.3 cm³/mol. The molecule has 19 heavy (non-hydrogen) atoms. The highest BCUT2D eigenvalue weighted by Gasteiger charge is 2.05. The van der Waals surface area contributed by atoms with Crippen LogP contribution in [-0.4, -0.2) is 25.9 Å². The number of nitrogens with zero attached hydrogens (tertiary/aromatic N) is 1. The van der Waals surface area contributed by atoms with E-state index in [1.54, 1.807) is 0 Å². The Bertz CT molecular complexity index is 391. The zero-order valence-electron chi connectivity index (χ0n) is 12.3. The number of carbonyl (C=O) groups is 2. The van der Waals surface area contributed by atoms with Crippen molar-refractivity contribution in [3.05, 3.63) is 29.8 Å². The monoisotopic (exact) mass is 264 g/mol. The first-order chi connectivity index (χ1) is 9.17. The third kappa shape index (κ3) is 6.60. The van der Waals surface area contributed by atoms with Crippen LogP contribution in [0.3, 0.4) is 0 Å². The number of hydrogen-bond donors (Lipinski definition) is 1. The Labute approximate surface area is 115 Å². The summed E-state index contributed by atoms with van der Waals surface area (Å²) in [6.07, 6.45) is 1.72. The summed E-state index contributed by atoms with van der Waals surface area (Å²) >= 11 is 0. The van der Waals surface area contributed by atoms with E-state index in [9.17, 15) is 9.59 Å².